The number of hydrogen-bond acceptors (Lipinski definition) is 7. The molecule has 2 aliphatic carbocycles. The molecule has 2 fully saturated rings. The summed E-state index contributed by atoms with van der Waals surface area (Å²) in [6, 6.07) is -2.10. The van der Waals surface area contributed by atoms with E-state index in [1.807, 2.05) is 47.8 Å². The Balaban J connectivity index is 2.05. The van der Waals surface area contributed by atoms with Crippen LogP contribution in [0.5, 0.6) is 0 Å². The number of hydrogen-bond donors (Lipinski definition) is 5. The Hall–Kier alpha value is -2.01. The zero-order valence-corrected chi connectivity index (χ0v) is 28.3. The van der Waals surface area contributed by atoms with Crippen LogP contribution in [0.25, 0.3) is 0 Å². The maximum absolute atomic E-state index is 13.4. The van der Waals surface area contributed by atoms with Crippen LogP contribution >= 0.6 is 11.8 Å². The van der Waals surface area contributed by atoms with Crippen LogP contribution in [0.1, 0.15) is 99.3 Å². The smallest absolute Gasteiger partial charge is 0.408 e. The van der Waals surface area contributed by atoms with Crippen LogP contribution in [0, 0.1) is 29.6 Å². The van der Waals surface area contributed by atoms with Crippen molar-refractivity contribution >= 4 is 35.6 Å². The number of nitrogens with one attached hydrogen (secondary N) is 4. The van der Waals surface area contributed by atoms with Gasteiger partial charge in [0.15, 0.2) is 0 Å². The summed E-state index contributed by atoms with van der Waals surface area (Å²) in [6.45, 7) is 12.0. The van der Waals surface area contributed by atoms with Gasteiger partial charge in [0, 0.05) is 18.2 Å². The lowest BCUT2D eigenvalue weighted by atomic mass is 9.88. The van der Waals surface area contributed by atoms with E-state index >= 15 is 0 Å². The van der Waals surface area contributed by atoms with Crippen LogP contribution in [0.15, 0.2) is 0 Å². The van der Waals surface area contributed by atoms with Crippen molar-refractivity contribution in [2.45, 2.75) is 130 Å². The van der Waals surface area contributed by atoms with Gasteiger partial charge in [0.1, 0.15) is 18.2 Å². The van der Waals surface area contributed by atoms with Gasteiger partial charge in [-0.05, 0) is 69.0 Å². The minimum Gasteiger partial charge on any atom is -0.446 e. The van der Waals surface area contributed by atoms with Gasteiger partial charge in [-0.1, -0.05) is 60.3 Å². The highest BCUT2D eigenvalue weighted by Gasteiger charge is 2.39. The van der Waals surface area contributed by atoms with Crippen molar-refractivity contribution in [1.82, 2.24) is 21.3 Å². The number of aliphatic hydroxyl groups excluding tert-OH is 1. The Morgan fingerprint density at radius 3 is 2.09 bits per heavy atom. The molecule has 0 aliphatic heterocycles. The van der Waals surface area contributed by atoms with Crippen molar-refractivity contribution in [2.75, 3.05) is 18.6 Å². The first-order chi connectivity index (χ1) is 20.4. The maximum Gasteiger partial charge on any atom is 0.408 e. The number of aliphatic hydroxyl groups is 1. The standard InChI is InChI=1S/C32H58N4O6S/c1-8-11-23(29(38)36-28(20(5)6)31(40)33-9-2)17-27(37)25(14-19(3)4)34-30(39)26(18-43-7)35-32(41)42-24-15-21-12-10-13-22(21)16-24/h19-28,37H,8-18H2,1-7H3,(H,33,40)(H,34,39)(H,35,41)(H,36,38)/t21-,22+,23-,24?,25+,26+,27+,28+/m1/s1. The van der Waals surface area contributed by atoms with E-state index in [0.717, 1.165) is 19.3 Å². The summed E-state index contributed by atoms with van der Waals surface area (Å²) >= 11 is 1.44. The summed E-state index contributed by atoms with van der Waals surface area (Å²) in [5.41, 5.74) is 0. The highest BCUT2D eigenvalue weighted by atomic mass is 32.2. The van der Waals surface area contributed by atoms with Crippen LogP contribution in [-0.2, 0) is 19.1 Å². The van der Waals surface area contributed by atoms with E-state index < -0.39 is 36.2 Å². The molecular formula is C32H58N4O6S. The molecule has 0 aromatic rings. The Labute approximate surface area is 263 Å². The third-order valence-corrected chi connectivity index (χ3v) is 9.48. The number of ether oxygens (including phenoxy) is 1. The second-order valence-corrected chi connectivity index (χ2v) is 14.2. The lowest BCUT2D eigenvalue weighted by molar-refractivity contribution is -0.133. The molecular weight excluding hydrogens is 568 g/mol. The average Bonchev–Trinajstić information content (AvgIpc) is 3.52. The van der Waals surface area contributed by atoms with Crippen molar-refractivity contribution in [3.63, 3.8) is 0 Å². The first kappa shape index (κ1) is 37.2. The average molecular weight is 627 g/mol. The SMILES string of the molecule is CCC[C@H](C[C@H](O)[C@H](CC(C)C)NC(=O)[C@H](CSC)NC(=O)OC1C[C@H]2CCC[C@H]2C1)C(=O)N[C@H](C(=O)NCC)C(C)C. The molecule has 5 N–H and O–H groups in total. The Morgan fingerprint density at radius 1 is 0.907 bits per heavy atom. The number of carbonyl (C=O) groups excluding carboxylic acids is 4. The number of amides is 4. The van der Waals surface area contributed by atoms with E-state index in [0.29, 0.717) is 37.0 Å². The van der Waals surface area contributed by atoms with Crippen LogP contribution in [-0.4, -0.2) is 77.8 Å². The lowest BCUT2D eigenvalue weighted by Gasteiger charge is -2.31. The Bertz CT molecular complexity index is 891. The number of fused-ring (bicyclic) bond motifs is 1. The molecule has 10 nitrogen and oxygen atoms in total. The maximum atomic E-state index is 13.4. The fourth-order valence-electron chi connectivity index (χ4n) is 6.63. The van der Waals surface area contributed by atoms with Gasteiger partial charge in [-0.15, -0.1) is 0 Å². The van der Waals surface area contributed by atoms with Crippen LogP contribution in [0.4, 0.5) is 4.79 Å². The van der Waals surface area contributed by atoms with E-state index in [1.54, 1.807) is 0 Å². The molecule has 0 radical (unpaired) electrons. The monoisotopic (exact) mass is 626 g/mol. The minimum absolute atomic E-state index is 0.100. The van der Waals surface area contributed by atoms with Crippen molar-refractivity contribution < 1.29 is 29.0 Å². The van der Waals surface area contributed by atoms with Crippen molar-refractivity contribution in [3.05, 3.63) is 0 Å². The molecule has 4 amide bonds. The largest absolute Gasteiger partial charge is 0.446 e. The van der Waals surface area contributed by atoms with Gasteiger partial charge in [-0.3, -0.25) is 14.4 Å². The van der Waals surface area contributed by atoms with Gasteiger partial charge < -0.3 is 31.1 Å². The first-order valence-corrected chi connectivity index (χ1v) is 17.8. The van der Waals surface area contributed by atoms with E-state index in [1.165, 1.54) is 31.0 Å². The van der Waals surface area contributed by atoms with Gasteiger partial charge in [0.2, 0.25) is 17.7 Å². The molecule has 0 spiro atoms. The summed E-state index contributed by atoms with van der Waals surface area (Å²) in [6.07, 6.45) is 7.56. The summed E-state index contributed by atoms with van der Waals surface area (Å²) < 4.78 is 5.72. The second kappa shape index (κ2) is 18.7. The number of carbonyl (C=O) groups is 4. The molecule has 0 heterocycles. The van der Waals surface area contributed by atoms with Gasteiger partial charge in [0.05, 0.1) is 12.1 Å². The molecule has 0 aromatic carbocycles. The number of likely N-dealkylation sites (N-methyl/N-ethyl adjacent to an activating group) is 1. The quantitative estimate of drug-likeness (QED) is 0.155. The van der Waals surface area contributed by atoms with Crippen molar-refractivity contribution in [3.8, 4) is 0 Å². The highest BCUT2D eigenvalue weighted by Crippen LogP contribution is 2.44. The molecule has 8 atom stereocenters. The molecule has 0 bridgehead atoms. The predicted octanol–water partition coefficient (Wildman–Crippen LogP) is 4.00. The number of rotatable bonds is 18. The summed E-state index contributed by atoms with van der Waals surface area (Å²) in [5, 5.41) is 22.8. The molecule has 2 saturated carbocycles. The Morgan fingerprint density at radius 2 is 1.56 bits per heavy atom. The van der Waals surface area contributed by atoms with E-state index in [-0.39, 0.29) is 42.1 Å². The van der Waals surface area contributed by atoms with Gasteiger partial charge >= 0.3 is 6.09 Å². The summed E-state index contributed by atoms with van der Waals surface area (Å²) in [7, 11) is 0. The van der Waals surface area contributed by atoms with Crippen LogP contribution in [0.3, 0.4) is 0 Å². The molecule has 43 heavy (non-hydrogen) atoms. The predicted molar refractivity (Wildman–Crippen MR) is 171 cm³/mol. The topological polar surface area (TPSA) is 146 Å². The van der Waals surface area contributed by atoms with Gasteiger partial charge in [-0.25, -0.2) is 4.79 Å². The zero-order chi connectivity index (χ0) is 32.1. The third kappa shape index (κ3) is 12.1. The van der Waals surface area contributed by atoms with E-state index in [4.69, 9.17) is 4.74 Å². The van der Waals surface area contributed by atoms with Crippen molar-refractivity contribution in [1.29, 1.82) is 0 Å². The highest BCUT2D eigenvalue weighted by molar-refractivity contribution is 7.98. The lowest BCUT2D eigenvalue weighted by Crippen LogP contribution is -2.55. The number of thioether (sulfide) groups is 1. The second-order valence-electron chi connectivity index (χ2n) is 13.3. The van der Waals surface area contributed by atoms with Gasteiger partial charge in [0.25, 0.3) is 0 Å². The molecule has 0 saturated heterocycles. The summed E-state index contributed by atoms with van der Waals surface area (Å²) in [5.74, 6) is 0.300. The molecule has 2 rings (SSSR count). The molecule has 2 aliphatic rings. The molecule has 11 heteroatoms. The van der Waals surface area contributed by atoms with Crippen molar-refractivity contribution in [2.24, 2.45) is 29.6 Å². The van der Waals surface area contributed by atoms with Crippen LogP contribution < -0.4 is 21.3 Å². The van der Waals surface area contributed by atoms with Crippen LogP contribution in [0.2, 0.25) is 0 Å². The third-order valence-electron chi connectivity index (χ3n) is 8.81. The van der Waals surface area contributed by atoms with E-state index in [9.17, 15) is 24.3 Å². The van der Waals surface area contributed by atoms with E-state index in [2.05, 4.69) is 21.3 Å². The first-order valence-electron chi connectivity index (χ1n) is 16.4. The molecule has 0 aromatic heterocycles. The van der Waals surface area contributed by atoms with Gasteiger partial charge in [-0.2, -0.15) is 11.8 Å². The fraction of sp³-hybridized carbons (Fsp3) is 0.875. The number of alkyl carbamates (subject to hydrolysis) is 1. The molecule has 1 unspecified atom stereocenters. The zero-order valence-electron chi connectivity index (χ0n) is 27.4. The minimum atomic E-state index is -0.990. The Kier molecular flexibility index (Phi) is 16.2. The normalized spacial score (nSPS) is 23.2. The summed E-state index contributed by atoms with van der Waals surface area (Å²) in [4.78, 5) is 52.1. The fourth-order valence-corrected chi connectivity index (χ4v) is 7.20. The molecule has 248 valence electrons.